The summed E-state index contributed by atoms with van der Waals surface area (Å²) in [4.78, 5) is 10.9. The lowest BCUT2D eigenvalue weighted by Crippen LogP contribution is -2.12. The van der Waals surface area contributed by atoms with E-state index in [0.717, 1.165) is 16.7 Å². The minimum atomic E-state index is -0.224. The lowest BCUT2D eigenvalue weighted by atomic mass is 10.1. The number of hydrogen-bond donors (Lipinski definition) is 1. The average Bonchev–Trinajstić information content (AvgIpc) is 2.60. The van der Waals surface area contributed by atoms with E-state index < -0.39 is 0 Å². The molecule has 5 nitrogen and oxygen atoms in total. The highest BCUT2D eigenvalue weighted by Crippen LogP contribution is 2.34. The van der Waals surface area contributed by atoms with Crippen molar-refractivity contribution in [3.63, 3.8) is 0 Å². The number of amides is 1. The van der Waals surface area contributed by atoms with Crippen molar-refractivity contribution in [3.8, 4) is 11.5 Å². The summed E-state index contributed by atoms with van der Waals surface area (Å²) < 4.78 is 11.6. The summed E-state index contributed by atoms with van der Waals surface area (Å²) in [5.41, 5.74) is 6.41. The zero-order valence-corrected chi connectivity index (χ0v) is 15.4. The van der Waals surface area contributed by atoms with E-state index in [0.29, 0.717) is 24.5 Å². The van der Waals surface area contributed by atoms with Crippen molar-refractivity contribution in [2.24, 2.45) is 5.10 Å². The fourth-order valence-corrected chi connectivity index (χ4v) is 2.54. The Bertz CT molecular complexity index is 813. The molecule has 1 amide bonds. The van der Waals surface area contributed by atoms with Gasteiger partial charge in [0.2, 0.25) is 5.91 Å². The van der Waals surface area contributed by atoms with E-state index in [1.165, 1.54) is 12.5 Å². The van der Waals surface area contributed by atoms with Gasteiger partial charge in [0.25, 0.3) is 0 Å². The molecule has 2 rings (SSSR count). The van der Waals surface area contributed by atoms with Crippen LogP contribution in [0.3, 0.4) is 0 Å². The lowest BCUT2D eigenvalue weighted by molar-refractivity contribution is -0.118. The molecule has 0 unspecified atom stereocenters. The van der Waals surface area contributed by atoms with Crippen LogP contribution in [0, 0.1) is 6.92 Å². The fourth-order valence-electron chi connectivity index (χ4n) is 2.54. The molecule has 26 heavy (non-hydrogen) atoms. The van der Waals surface area contributed by atoms with E-state index >= 15 is 0 Å². The van der Waals surface area contributed by atoms with Gasteiger partial charge in [-0.25, -0.2) is 5.43 Å². The Morgan fingerprint density at radius 3 is 2.77 bits per heavy atom. The van der Waals surface area contributed by atoms with Crippen LogP contribution in [-0.2, 0) is 17.8 Å². The number of carbonyl (C=O) groups is 1. The largest absolute Gasteiger partial charge is 0.493 e. The van der Waals surface area contributed by atoms with Crippen LogP contribution in [0.25, 0.3) is 0 Å². The van der Waals surface area contributed by atoms with Gasteiger partial charge < -0.3 is 9.47 Å². The van der Waals surface area contributed by atoms with Gasteiger partial charge >= 0.3 is 0 Å². The first kappa shape index (κ1) is 19.2. The fraction of sp³-hybridized carbons (Fsp3) is 0.238. The van der Waals surface area contributed by atoms with E-state index in [-0.39, 0.29) is 5.91 Å². The highest BCUT2D eigenvalue weighted by molar-refractivity contribution is 5.83. The van der Waals surface area contributed by atoms with Crippen molar-refractivity contribution in [1.82, 2.24) is 5.43 Å². The third kappa shape index (κ3) is 5.48. The van der Waals surface area contributed by atoms with Crippen LogP contribution in [-0.4, -0.2) is 19.2 Å². The van der Waals surface area contributed by atoms with Crippen LogP contribution in [0.2, 0.25) is 0 Å². The van der Waals surface area contributed by atoms with Gasteiger partial charge in [-0.05, 0) is 36.6 Å². The van der Waals surface area contributed by atoms with Crippen LogP contribution in [0.1, 0.15) is 29.2 Å². The maximum atomic E-state index is 10.9. The number of benzene rings is 2. The van der Waals surface area contributed by atoms with Gasteiger partial charge in [0.05, 0.1) is 13.3 Å². The van der Waals surface area contributed by atoms with Gasteiger partial charge in [-0.3, -0.25) is 4.79 Å². The Labute approximate surface area is 154 Å². The monoisotopic (exact) mass is 352 g/mol. The Balaban J connectivity index is 2.29. The van der Waals surface area contributed by atoms with Crippen LogP contribution >= 0.6 is 0 Å². The summed E-state index contributed by atoms with van der Waals surface area (Å²) >= 11 is 0. The average molecular weight is 352 g/mol. The van der Waals surface area contributed by atoms with Gasteiger partial charge in [-0.1, -0.05) is 35.9 Å². The number of nitrogens with zero attached hydrogens (tertiary/aromatic N) is 1. The van der Waals surface area contributed by atoms with Crippen LogP contribution in [0.4, 0.5) is 0 Å². The van der Waals surface area contributed by atoms with Crippen molar-refractivity contribution >= 4 is 12.1 Å². The van der Waals surface area contributed by atoms with Gasteiger partial charge in [0, 0.05) is 12.5 Å². The molecule has 0 fully saturated rings. The molecular formula is C21H24N2O3. The van der Waals surface area contributed by atoms with Crippen molar-refractivity contribution in [3.05, 3.63) is 71.3 Å². The molecule has 0 aliphatic carbocycles. The third-order valence-electron chi connectivity index (χ3n) is 3.64. The molecule has 0 spiro atoms. The molecule has 0 saturated heterocycles. The highest BCUT2D eigenvalue weighted by atomic mass is 16.5. The van der Waals surface area contributed by atoms with Gasteiger partial charge in [-0.2, -0.15) is 5.10 Å². The van der Waals surface area contributed by atoms with Gasteiger partial charge in [-0.15, -0.1) is 6.58 Å². The SMILES string of the molecule is C=CCc1cc(/C=N\NC(C)=O)cc(OC)c1OCc1cccc(C)c1. The molecule has 2 aromatic carbocycles. The molecule has 2 aromatic rings. The number of hydrogen-bond acceptors (Lipinski definition) is 4. The summed E-state index contributed by atoms with van der Waals surface area (Å²) in [5.74, 6) is 1.07. The Hall–Kier alpha value is -3.08. The minimum Gasteiger partial charge on any atom is -0.493 e. The lowest BCUT2D eigenvalue weighted by Gasteiger charge is -2.16. The Morgan fingerprint density at radius 1 is 1.31 bits per heavy atom. The Kier molecular flexibility index (Phi) is 6.97. The van der Waals surface area contributed by atoms with Crippen molar-refractivity contribution < 1.29 is 14.3 Å². The second kappa shape index (κ2) is 9.42. The number of aryl methyl sites for hydroxylation is 1. The second-order valence-corrected chi connectivity index (χ2v) is 5.91. The molecule has 0 radical (unpaired) electrons. The van der Waals surface area contributed by atoms with Crippen LogP contribution in [0.5, 0.6) is 11.5 Å². The van der Waals surface area contributed by atoms with Gasteiger partial charge in [0.15, 0.2) is 11.5 Å². The molecule has 0 aliphatic heterocycles. The van der Waals surface area contributed by atoms with Crippen LogP contribution < -0.4 is 14.9 Å². The smallest absolute Gasteiger partial charge is 0.236 e. The van der Waals surface area contributed by atoms with Crippen molar-refractivity contribution in [2.45, 2.75) is 26.9 Å². The predicted octanol–water partition coefficient (Wildman–Crippen LogP) is 3.78. The molecule has 0 aromatic heterocycles. The first-order valence-corrected chi connectivity index (χ1v) is 8.33. The number of allylic oxidation sites excluding steroid dienone is 1. The molecule has 0 heterocycles. The van der Waals surface area contributed by atoms with Crippen molar-refractivity contribution in [1.29, 1.82) is 0 Å². The summed E-state index contributed by atoms with van der Waals surface area (Å²) in [6.45, 7) is 7.71. The zero-order valence-electron chi connectivity index (χ0n) is 15.4. The normalized spacial score (nSPS) is 10.6. The number of ether oxygens (including phenoxy) is 2. The molecule has 0 aliphatic rings. The standard InChI is InChI=1S/C21H24N2O3/c1-5-7-19-11-18(13-22-23-16(3)24)12-20(25-4)21(19)26-14-17-9-6-8-15(2)10-17/h5-6,8-13H,1,7,14H2,2-4H3,(H,23,24)/b22-13-. The number of hydrazone groups is 1. The maximum Gasteiger partial charge on any atom is 0.236 e. The summed E-state index contributed by atoms with van der Waals surface area (Å²) in [7, 11) is 1.60. The van der Waals surface area contributed by atoms with Gasteiger partial charge in [0.1, 0.15) is 6.61 Å². The quantitative estimate of drug-likeness (QED) is 0.447. The van der Waals surface area contributed by atoms with E-state index in [1.807, 2.05) is 30.3 Å². The first-order valence-electron chi connectivity index (χ1n) is 8.33. The number of methoxy groups -OCH3 is 1. The molecular weight excluding hydrogens is 328 g/mol. The van der Waals surface area contributed by atoms with E-state index in [4.69, 9.17) is 9.47 Å². The van der Waals surface area contributed by atoms with E-state index in [2.05, 4.69) is 36.2 Å². The highest BCUT2D eigenvalue weighted by Gasteiger charge is 2.12. The molecule has 0 atom stereocenters. The second-order valence-electron chi connectivity index (χ2n) is 5.91. The number of carbonyl (C=O) groups excluding carboxylic acids is 1. The zero-order chi connectivity index (χ0) is 18.9. The third-order valence-corrected chi connectivity index (χ3v) is 3.64. The molecule has 0 bridgehead atoms. The van der Waals surface area contributed by atoms with Crippen molar-refractivity contribution in [2.75, 3.05) is 7.11 Å². The topological polar surface area (TPSA) is 59.9 Å². The molecule has 5 heteroatoms. The number of nitrogens with one attached hydrogen (secondary N) is 1. The summed E-state index contributed by atoms with van der Waals surface area (Å²) in [5, 5.41) is 3.90. The predicted molar refractivity (Wildman–Crippen MR) is 104 cm³/mol. The molecule has 1 N–H and O–H groups in total. The van der Waals surface area contributed by atoms with E-state index in [1.54, 1.807) is 13.3 Å². The molecule has 136 valence electrons. The summed E-state index contributed by atoms with van der Waals surface area (Å²) in [6, 6.07) is 12.0. The molecule has 0 saturated carbocycles. The maximum absolute atomic E-state index is 10.9. The Morgan fingerprint density at radius 2 is 2.12 bits per heavy atom. The van der Waals surface area contributed by atoms with E-state index in [9.17, 15) is 4.79 Å². The minimum absolute atomic E-state index is 0.224. The first-order chi connectivity index (χ1) is 12.5. The number of rotatable bonds is 8. The summed E-state index contributed by atoms with van der Waals surface area (Å²) in [6.07, 6.45) is 4.01. The van der Waals surface area contributed by atoms with Crippen LogP contribution in [0.15, 0.2) is 54.2 Å².